The minimum Gasteiger partial charge on any atom is -0.497 e. The lowest BCUT2D eigenvalue weighted by Crippen LogP contribution is -2.34. The molecule has 0 fully saturated rings. The molecule has 2 rings (SSSR count). The molecular formula is C16H22ClNO. The quantitative estimate of drug-likeness (QED) is 0.867. The molecule has 2 unspecified atom stereocenters. The zero-order valence-corrected chi connectivity index (χ0v) is 12.4. The minimum atomic E-state index is 0.290. The fourth-order valence-corrected chi connectivity index (χ4v) is 2.53. The van der Waals surface area contributed by atoms with Crippen molar-refractivity contribution in [3.8, 4) is 0 Å². The topological polar surface area (TPSA) is 21.3 Å². The summed E-state index contributed by atoms with van der Waals surface area (Å²) >= 11 is 5.95. The summed E-state index contributed by atoms with van der Waals surface area (Å²) in [5, 5.41) is 4.41. The van der Waals surface area contributed by atoms with Crippen molar-refractivity contribution in [3.05, 3.63) is 47.2 Å². The fourth-order valence-electron chi connectivity index (χ4n) is 2.40. The standard InChI is InChI=1S/C16H22ClNO/c1-12(2)16(13-6-8-14(17)9-7-13)18-11-15-5-3-4-10-19-15/h4,6-10,12,15-16,18H,3,5,11H2,1-2H3. The molecule has 0 spiro atoms. The van der Waals surface area contributed by atoms with Gasteiger partial charge in [0.2, 0.25) is 0 Å². The van der Waals surface area contributed by atoms with Crippen molar-refractivity contribution >= 4 is 11.6 Å². The highest BCUT2D eigenvalue weighted by Gasteiger charge is 2.18. The summed E-state index contributed by atoms with van der Waals surface area (Å²) in [4.78, 5) is 0. The Hall–Kier alpha value is -0.990. The Morgan fingerprint density at radius 2 is 2.05 bits per heavy atom. The highest BCUT2D eigenvalue weighted by molar-refractivity contribution is 6.30. The predicted octanol–water partition coefficient (Wildman–Crippen LogP) is 4.32. The zero-order valence-electron chi connectivity index (χ0n) is 11.6. The van der Waals surface area contributed by atoms with E-state index in [1.165, 1.54) is 5.56 Å². The number of allylic oxidation sites excluding steroid dienone is 1. The van der Waals surface area contributed by atoms with Crippen LogP contribution in [0.5, 0.6) is 0 Å². The summed E-state index contributed by atoms with van der Waals surface area (Å²) in [5.74, 6) is 0.528. The molecule has 2 nitrogen and oxygen atoms in total. The number of hydrogen-bond donors (Lipinski definition) is 1. The Balaban J connectivity index is 1.96. The molecule has 0 saturated carbocycles. The number of nitrogens with one attached hydrogen (secondary N) is 1. The van der Waals surface area contributed by atoms with E-state index in [2.05, 4.69) is 37.4 Å². The van der Waals surface area contributed by atoms with Gasteiger partial charge in [-0.2, -0.15) is 0 Å². The number of rotatable bonds is 5. The SMILES string of the molecule is CC(C)C(NCC1CCC=CO1)c1ccc(Cl)cc1. The van der Waals surface area contributed by atoms with Crippen LogP contribution >= 0.6 is 11.6 Å². The highest BCUT2D eigenvalue weighted by atomic mass is 35.5. The summed E-state index contributed by atoms with van der Waals surface area (Å²) in [5.41, 5.74) is 1.28. The van der Waals surface area contributed by atoms with E-state index >= 15 is 0 Å². The Bertz CT molecular complexity index is 413. The largest absolute Gasteiger partial charge is 0.497 e. The van der Waals surface area contributed by atoms with E-state index in [0.29, 0.717) is 18.1 Å². The van der Waals surface area contributed by atoms with Crippen molar-refractivity contribution < 1.29 is 4.74 Å². The van der Waals surface area contributed by atoms with Gasteiger partial charge in [0.1, 0.15) is 6.10 Å². The lowest BCUT2D eigenvalue weighted by molar-refractivity contribution is 0.117. The maximum Gasteiger partial charge on any atom is 0.110 e. The van der Waals surface area contributed by atoms with E-state index < -0.39 is 0 Å². The van der Waals surface area contributed by atoms with Gasteiger partial charge in [0.25, 0.3) is 0 Å². The molecule has 1 aliphatic rings. The van der Waals surface area contributed by atoms with Crippen LogP contribution in [0.4, 0.5) is 0 Å². The molecule has 0 aliphatic carbocycles. The molecule has 0 aromatic heterocycles. The van der Waals surface area contributed by atoms with Gasteiger partial charge in [0, 0.05) is 17.6 Å². The Morgan fingerprint density at radius 3 is 2.63 bits per heavy atom. The van der Waals surface area contributed by atoms with Gasteiger partial charge in [-0.1, -0.05) is 37.6 Å². The van der Waals surface area contributed by atoms with E-state index in [0.717, 1.165) is 24.4 Å². The summed E-state index contributed by atoms with van der Waals surface area (Å²) in [6.07, 6.45) is 6.39. The third-order valence-electron chi connectivity index (χ3n) is 3.48. The fraction of sp³-hybridized carbons (Fsp3) is 0.500. The Morgan fingerprint density at radius 1 is 1.32 bits per heavy atom. The van der Waals surface area contributed by atoms with Crippen molar-refractivity contribution in [1.29, 1.82) is 0 Å². The van der Waals surface area contributed by atoms with Crippen LogP contribution in [-0.4, -0.2) is 12.6 Å². The highest BCUT2D eigenvalue weighted by Crippen LogP contribution is 2.23. The van der Waals surface area contributed by atoms with Gasteiger partial charge in [-0.05, 0) is 42.5 Å². The molecule has 1 aliphatic heterocycles. The molecule has 1 aromatic carbocycles. The minimum absolute atomic E-state index is 0.290. The number of benzene rings is 1. The lowest BCUT2D eigenvalue weighted by Gasteiger charge is -2.27. The summed E-state index contributed by atoms with van der Waals surface area (Å²) in [6.45, 7) is 5.34. The maximum atomic E-state index is 5.95. The van der Waals surface area contributed by atoms with Gasteiger partial charge in [-0.25, -0.2) is 0 Å². The Kier molecular flexibility index (Phi) is 5.29. The van der Waals surface area contributed by atoms with Crippen LogP contribution in [0.25, 0.3) is 0 Å². The van der Waals surface area contributed by atoms with Crippen LogP contribution in [0.1, 0.15) is 38.3 Å². The first-order valence-corrected chi connectivity index (χ1v) is 7.34. The first-order chi connectivity index (χ1) is 9.16. The maximum absolute atomic E-state index is 5.95. The number of hydrogen-bond acceptors (Lipinski definition) is 2. The second kappa shape index (κ2) is 6.97. The van der Waals surface area contributed by atoms with Crippen molar-refractivity contribution in [2.75, 3.05) is 6.54 Å². The molecule has 104 valence electrons. The molecule has 0 bridgehead atoms. The third kappa shape index (κ3) is 4.26. The van der Waals surface area contributed by atoms with Gasteiger partial charge in [-0.3, -0.25) is 0 Å². The first kappa shape index (κ1) is 14.4. The van der Waals surface area contributed by atoms with Crippen molar-refractivity contribution in [1.82, 2.24) is 5.32 Å². The van der Waals surface area contributed by atoms with Crippen LogP contribution in [0.2, 0.25) is 5.02 Å². The van der Waals surface area contributed by atoms with Crippen LogP contribution in [0.3, 0.4) is 0 Å². The van der Waals surface area contributed by atoms with E-state index in [4.69, 9.17) is 16.3 Å². The molecular weight excluding hydrogens is 258 g/mol. The van der Waals surface area contributed by atoms with Gasteiger partial charge in [0.15, 0.2) is 0 Å². The first-order valence-electron chi connectivity index (χ1n) is 6.96. The van der Waals surface area contributed by atoms with E-state index in [9.17, 15) is 0 Å². The Labute approximate surface area is 120 Å². The van der Waals surface area contributed by atoms with E-state index in [1.807, 2.05) is 18.4 Å². The molecule has 0 radical (unpaired) electrons. The normalized spacial score (nSPS) is 20.3. The predicted molar refractivity (Wildman–Crippen MR) is 80.3 cm³/mol. The number of ether oxygens (including phenoxy) is 1. The molecule has 2 atom stereocenters. The lowest BCUT2D eigenvalue weighted by atomic mass is 9.95. The molecule has 1 N–H and O–H groups in total. The van der Waals surface area contributed by atoms with E-state index in [-0.39, 0.29) is 0 Å². The summed E-state index contributed by atoms with van der Waals surface area (Å²) in [7, 11) is 0. The molecule has 0 amide bonds. The van der Waals surface area contributed by atoms with Gasteiger partial charge in [0.05, 0.1) is 6.26 Å². The van der Waals surface area contributed by atoms with E-state index in [1.54, 1.807) is 0 Å². The zero-order chi connectivity index (χ0) is 13.7. The second-order valence-corrected chi connectivity index (χ2v) is 5.83. The van der Waals surface area contributed by atoms with Gasteiger partial charge < -0.3 is 10.1 Å². The molecule has 0 saturated heterocycles. The van der Waals surface area contributed by atoms with Crippen LogP contribution in [0.15, 0.2) is 36.6 Å². The second-order valence-electron chi connectivity index (χ2n) is 5.39. The van der Waals surface area contributed by atoms with Crippen LogP contribution in [-0.2, 0) is 4.74 Å². The van der Waals surface area contributed by atoms with Crippen LogP contribution < -0.4 is 5.32 Å². The molecule has 1 aromatic rings. The van der Waals surface area contributed by atoms with Crippen molar-refractivity contribution in [3.63, 3.8) is 0 Å². The summed E-state index contributed by atoms with van der Waals surface area (Å²) in [6, 6.07) is 8.44. The average molecular weight is 280 g/mol. The summed E-state index contributed by atoms with van der Waals surface area (Å²) < 4.78 is 5.60. The monoisotopic (exact) mass is 279 g/mol. The smallest absolute Gasteiger partial charge is 0.110 e. The van der Waals surface area contributed by atoms with Gasteiger partial charge >= 0.3 is 0 Å². The third-order valence-corrected chi connectivity index (χ3v) is 3.74. The molecule has 19 heavy (non-hydrogen) atoms. The molecule has 3 heteroatoms. The van der Waals surface area contributed by atoms with Crippen molar-refractivity contribution in [2.24, 2.45) is 5.92 Å². The van der Waals surface area contributed by atoms with Crippen molar-refractivity contribution in [2.45, 2.75) is 38.8 Å². The van der Waals surface area contributed by atoms with Gasteiger partial charge in [-0.15, -0.1) is 0 Å². The van der Waals surface area contributed by atoms with Crippen LogP contribution in [0, 0.1) is 5.92 Å². The average Bonchev–Trinajstić information content (AvgIpc) is 2.42. The molecule has 1 heterocycles. The number of halogens is 1.